The van der Waals surface area contributed by atoms with Crippen LogP contribution in [0.5, 0.6) is 5.75 Å². The van der Waals surface area contributed by atoms with E-state index < -0.39 is 5.97 Å². The number of rotatable bonds is 6. The van der Waals surface area contributed by atoms with Crippen LogP contribution in [0.3, 0.4) is 0 Å². The highest BCUT2D eigenvalue weighted by molar-refractivity contribution is 5.92. The molecular weight excluding hydrogens is 260 g/mol. The second-order valence-corrected chi connectivity index (χ2v) is 4.01. The smallest absolute Gasteiger partial charge is 0.337 e. The average Bonchev–Trinajstić information content (AvgIpc) is 3.00. The summed E-state index contributed by atoms with van der Waals surface area (Å²) < 4.78 is 12.0. The van der Waals surface area contributed by atoms with Crippen LogP contribution in [0.1, 0.15) is 20.7 Å². The van der Waals surface area contributed by atoms with Crippen molar-refractivity contribution < 1.29 is 19.1 Å². The van der Waals surface area contributed by atoms with Gasteiger partial charge in [0.15, 0.2) is 6.29 Å². The van der Waals surface area contributed by atoms with Crippen LogP contribution in [0.25, 0.3) is 0 Å². The molecule has 2 rings (SSSR count). The van der Waals surface area contributed by atoms with E-state index in [4.69, 9.17) is 4.74 Å². The van der Waals surface area contributed by atoms with Gasteiger partial charge in [0.2, 0.25) is 0 Å². The van der Waals surface area contributed by atoms with Crippen molar-refractivity contribution in [3.63, 3.8) is 0 Å². The van der Waals surface area contributed by atoms with Gasteiger partial charge in [-0.3, -0.25) is 4.79 Å². The first-order chi connectivity index (χ1) is 9.74. The van der Waals surface area contributed by atoms with Crippen LogP contribution < -0.4 is 4.74 Å². The third kappa shape index (κ3) is 3.23. The number of carbonyl (C=O) groups is 2. The molecule has 0 amide bonds. The molecule has 0 saturated heterocycles. The quantitative estimate of drug-likeness (QED) is 0.590. The molecular formula is C14H14N2O4. The molecule has 1 heterocycles. The topological polar surface area (TPSA) is 70.4 Å². The zero-order valence-electron chi connectivity index (χ0n) is 11.0. The molecule has 6 heteroatoms. The number of nitrogens with zero attached hydrogens (tertiary/aromatic N) is 2. The molecule has 0 unspecified atom stereocenters. The maximum atomic E-state index is 11.4. The van der Waals surface area contributed by atoms with E-state index in [1.807, 2.05) is 10.8 Å². The molecule has 0 aliphatic rings. The lowest BCUT2D eigenvalue weighted by atomic mass is 10.1. The number of methoxy groups -OCH3 is 1. The van der Waals surface area contributed by atoms with Crippen LogP contribution in [0, 0.1) is 0 Å². The van der Waals surface area contributed by atoms with Gasteiger partial charge in [-0.1, -0.05) is 0 Å². The van der Waals surface area contributed by atoms with Crippen LogP contribution in [0.15, 0.2) is 36.9 Å². The van der Waals surface area contributed by atoms with E-state index in [0.29, 0.717) is 36.3 Å². The molecule has 0 bridgehead atoms. The van der Waals surface area contributed by atoms with Crippen molar-refractivity contribution in [3.05, 3.63) is 48.0 Å². The summed E-state index contributed by atoms with van der Waals surface area (Å²) in [7, 11) is 1.29. The summed E-state index contributed by atoms with van der Waals surface area (Å²) in [6, 6.07) is 4.60. The molecule has 0 aliphatic carbocycles. The molecule has 0 N–H and O–H groups in total. The normalized spacial score (nSPS) is 10.1. The Morgan fingerprint density at radius 2 is 2.30 bits per heavy atom. The Labute approximate surface area is 116 Å². The Hall–Kier alpha value is -2.63. The molecule has 2 aromatic rings. The van der Waals surface area contributed by atoms with Crippen molar-refractivity contribution in [1.29, 1.82) is 0 Å². The fraction of sp³-hybridized carbons (Fsp3) is 0.214. The van der Waals surface area contributed by atoms with Gasteiger partial charge in [-0.25, -0.2) is 9.78 Å². The Morgan fingerprint density at radius 1 is 1.45 bits per heavy atom. The maximum Gasteiger partial charge on any atom is 0.337 e. The highest BCUT2D eigenvalue weighted by Gasteiger charge is 2.10. The van der Waals surface area contributed by atoms with Gasteiger partial charge in [0.05, 0.1) is 31.1 Å². The van der Waals surface area contributed by atoms with Gasteiger partial charge in [0.1, 0.15) is 12.4 Å². The minimum absolute atomic E-state index is 0.316. The van der Waals surface area contributed by atoms with E-state index in [-0.39, 0.29) is 0 Å². The first-order valence-corrected chi connectivity index (χ1v) is 6.00. The standard InChI is InChI=1S/C14H14N2O4/c1-19-14(18)11-2-3-13(12(8-11)9-17)20-7-6-16-5-4-15-10-16/h2-5,8-10H,6-7H2,1H3. The molecule has 20 heavy (non-hydrogen) atoms. The summed E-state index contributed by atoms with van der Waals surface area (Å²) in [5.74, 6) is -0.0502. The fourth-order valence-electron chi connectivity index (χ4n) is 1.70. The largest absolute Gasteiger partial charge is 0.491 e. The lowest BCUT2D eigenvalue weighted by molar-refractivity contribution is 0.0600. The van der Waals surface area contributed by atoms with Crippen LogP contribution in [0.4, 0.5) is 0 Å². The number of ether oxygens (including phenoxy) is 2. The Balaban J connectivity index is 2.03. The highest BCUT2D eigenvalue weighted by Crippen LogP contribution is 2.19. The Bertz CT molecular complexity index is 593. The number of carbonyl (C=O) groups excluding carboxylic acids is 2. The van der Waals surface area contributed by atoms with Crippen molar-refractivity contribution in [3.8, 4) is 5.75 Å². The molecule has 0 saturated carbocycles. The van der Waals surface area contributed by atoms with Gasteiger partial charge in [0.25, 0.3) is 0 Å². The molecule has 0 fully saturated rings. The van der Waals surface area contributed by atoms with E-state index in [1.165, 1.54) is 13.2 Å². The number of esters is 1. The lowest BCUT2D eigenvalue weighted by Crippen LogP contribution is -2.08. The van der Waals surface area contributed by atoms with Crippen molar-refractivity contribution in [1.82, 2.24) is 9.55 Å². The van der Waals surface area contributed by atoms with Crippen molar-refractivity contribution in [2.45, 2.75) is 6.54 Å². The molecule has 104 valence electrons. The van der Waals surface area contributed by atoms with Gasteiger partial charge in [-0.2, -0.15) is 0 Å². The minimum atomic E-state index is -0.488. The zero-order valence-corrected chi connectivity index (χ0v) is 11.0. The summed E-state index contributed by atoms with van der Waals surface area (Å²) >= 11 is 0. The third-order valence-corrected chi connectivity index (χ3v) is 2.72. The van der Waals surface area contributed by atoms with Gasteiger partial charge in [0, 0.05) is 12.4 Å². The molecule has 1 aromatic heterocycles. The van der Waals surface area contributed by atoms with Crippen LogP contribution >= 0.6 is 0 Å². The zero-order chi connectivity index (χ0) is 14.4. The second kappa shape index (κ2) is 6.51. The molecule has 0 radical (unpaired) electrons. The van der Waals surface area contributed by atoms with Gasteiger partial charge < -0.3 is 14.0 Å². The van der Waals surface area contributed by atoms with Crippen LogP contribution in [0.2, 0.25) is 0 Å². The SMILES string of the molecule is COC(=O)c1ccc(OCCn2ccnc2)c(C=O)c1. The fourth-order valence-corrected chi connectivity index (χ4v) is 1.70. The summed E-state index contributed by atoms with van der Waals surface area (Å²) in [5, 5.41) is 0. The summed E-state index contributed by atoms with van der Waals surface area (Å²) in [5.41, 5.74) is 0.634. The summed E-state index contributed by atoms with van der Waals surface area (Å²) in [6.45, 7) is 1.02. The minimum Gasteiger partial charge on any atom is -0.491 e. The number of aromatic nitrogens is 2. The summed E-state index contributed by atoms with van der Waals surface area (Å²) in [4.78, 5) is 26.3. The Kier molecular flexibility index (Phi) is 4.49. The van der Waals surface area contributed by atoms with E-state index >= 15 is 0 Å². The second-order valence-electron chi connectivity index (χ2n) is 4.01. The molecule has 6 nitrogen and oxygen atoms in total. The predicted octanol–water partition coefficient (Wildman–Crippen LogP) is 1.56. The predicted molar refractivity (Wildman–Crippen MR) is 70.9 cm³/mol. The molecule has 0 atom stereocenters. The van der Waals surface area contributed by atoms with Crippen molar-refractivity contribution in [2.24, 2.45) is 0 Å². The molecule has 0 aliphatic heterocycles. The van der Waals surface area contributed by atoms with Gasteiger partial charge in [-0.15, -0.1) is 0 Å². The first kappa shape index (κ1) is 13.8. The molecule has 1 aromatic carbocycles. The first-order valence-electron chi connectivity index (χ1n) is 6.00. The van der Waals surface area contributed by atoms with Crippen LogP contribution in [-0.4, -0.2) is 35.5 Å². The lowest BCUT2D eigenvalue weighted by Gasteiger charge is -2.09. The number of aldehydes is 1. The maximum absolute atomic E-state index is 11.4. The number of hydrogen-bond acceptors (Lipinski definition) is 5. The van der Waals surface area contributed by atoms with E-state index in [2.05, 4.69) is 9.72 Å². The third-order valence-electron chi connectivity index (χ3n) is 2.72. The van der Waals surface area contributed by atoms with Gasteiger partial charge in [-0.05, 0) is 18.2 Å². The molecule has 0 spiro atoms. The Morgan fingerprint density at radius 3 is 2.95 bits per heavy atom. The van der Waals surface area contributed by atoms with Crippen molar-refractivity contribution in [2.75, 3.05) is 13.7 Å². The van der Waals surface area contributed by atoms with E-state index in [1.54, 1.807) is 24.7 Å². The van der Waals surface area contributed by atoms with Gasteiger partial charge >= 0.3 is 5.97 Å². The monoisotopic (exact) mass is 274 g/mol. The van der Waals surface area contributed by atoms with Crippen molar-refractivity contribution >= 4 is 12.3 Å². The summed E-state index contributed by atoms with van der Waals surface area (Å²) in [6.07, 6.45) is 5.84. The highest BCUT2D eigenvalue weighted by atomic mass is 16.5. The van der Waals surface area contributed by atoms with E-state index in [0.717, 1.165) is 0 Å². The number of hydrogen-bond donors (Lipinski definition) is 0. The van der Waals surface area contributed by atoms with Crippen LogP contribution in [-0.2, 0) is 11.3 Å². The number of imidazole rings is 1. The average molecular weight is 274 g/mol. The number of benzene rings is 1. The van der Waals surface area contributed by atoms with E-state index in [9.17, 15) is 9.59 Å².